The third kappa shape index (κ3) is 9.81. The number of aliphatic hydroxyl groups is 1. The molecule has 1 fully saturated rings. The van der Waals surface area contributed by atoms with E-state index in [1.165, 1.54) is 18.9 Å². The van der Waals surface area contributed by atoms with Gasteiger partial charge in [-0.15, -0.1) is 11.8 Å². The van der Waals surface area contributed by atoms with E-state index in [2.05, 4.69) is 16.0 Å². The van der Waals surface area contributed by atoms with Gasteiger partial charge in [-0.2, -0.15) is 0 Å². The van der Waals surface area contributed by atoms with Gasteiger partial charge in [0.2, 0.25) is 17.7 Å². The first-order chi connectivity index (χ1) is 24.5. The van der Waals surface area contributed by atoms with E-state index in [1.807, 2.05) is 38.2 Å². The maximum Gasteiger partial charge on any atom is 0.332 e. The number of aryl methyl sites for hydroxylation is 1. The molecule has 4 atom stereocenters. The predicted octanol–water partition coefficient (Wildman–Crippen LogP) is 5.79. The molecule has 2 heterocycles. The third-order valence-electron chi connectivity index (χ3n) is 9.84. The van der Waals surface area contributed by atoms with E-state index in [1.54, 1.807) is 30.4 Å². The van der Waals surface area contributed by atoms with Crippen LogP contribution in [0.25, 0.3) is 0 Å². The number of benzene rings is 1. The van der Waals surface area contributed by atoms with Gasteiger partial charge in [0.1, 0.15) is 17.4 Å². The Morgan fingerprint density at radius 2 is 1.80 bits per heavy atom. The van der Waals surface area contributed by atoms with Gasteiger partial charge in [0, 0.05) is 25.0 Å². The number of hydrogen-bond donors (Lipinski definition) is 5. The molecule has 5 N–H and O–H groups in total. The summed E-state index contributed by atoms with van der Waals surface area (Å²) in [5, 5.41) is 31.4. The normalized spacial score (nSPS) is 27.8. The zero-order chi connectivity index (χ0) is 36.5. The van der Waals surface area contributed by atoms with Crippen LogP contribution in [-0.2, 0) is 35.1 Å². The lowest BCUT2D eigenvalue weighted by Crippen LogP contribution is -2.47. The molecule has 3 amide bonds. The number of aromatic hydroxyl groups is 1. The summed E-state index contributed by atoms with van der Waals surface area (Å²) in [4.78, 5) is 52.5. The molecule has 2 bridgehead atoms. The van der Waals surface area contributed by atoms with Crippen molar-refractivity contribution in [2.75, 3.05) is 23.5 Å². The first kappa shape index (κ1) is 38.1. The SMILES string of the molecule is COC1C=C/C=C\C=C/CC(OC(=O)C2(NC(=O)C3=CCCCC3)CC2)C(C)C(O)/C(C)=C\CCc2cc3c(c(c2O)NC(=O)C1)SCC(=O)N3. The van der Waals surface area contributed by atoms with Crippen LogP contribution in [0.2, 0.25) is 0 Å². The Labute approximate surface area is 303 Å². The van der Waals surface area contributed by atoms with Gasteiger partial charge in [0.05, 0.1) is 40.7 Å². The molecule has 4 unspecified atom stereocenters. The van der Waals surface area contributed by atoms with Crippen molar-refractivity contribution in [2.24, 2.45) is 5.92 Å². The molecule has 0 saturated heterocycles. The topological polar surface area (TPSA) is 163 Å². The summed E-state index contributed by atoms with van der Waals surface area (Å²) in [5.74, 6) is -1.66. The standard InChI is InChI=1S/C39H49N3O8S/c1-24-13-12-16-27-21-29-36(51-23-32(44)40-29)33(35(27)46)41-31(43)22-28(49-3)17-10-5-4-6-11-18-30(25(2)34(24)45)50-38(48)39(19-20-39)42-37(47)26-14-8-7-9-15-26/h4-6,10-11,13-14,17,21,25,28,30,34,45-46H,7-9,12,15-16,18-20,22-23H2,1-3H3,(H,40,44)(H,41,43)(H,42,47)/b5-4-,11-6-,17-10?,24-13-. The Morgan fingerprint density at radius 1 is 1.02 bits per heavy atom. The Morgan fingerprint density at radius 3 is 2.53 bits per heavy atom. The number of fused-ring (bicyclic) bond motifs is 4. The second kappa shape index (κ2) is 17.4. The molecule has 1 aromatic rings. The van der Waals surface area contributed by atoms with Crippen molar-refractivity contribution < 1.29 is 38.9 Å². The average molecular weight is 720 g/mol. The van der Waals surface area contributed by atoms with Crippen molar-refractivity contribution in [2.45, 2.75) is 107 Å². The van der Waals surface area contributed by atoms with Crippen LogP contribution in [0, 0.1) is 5.92 Å². The van der Waals surface area contributed by atoms with Gasteiger partial charge in [-0.1, -0.05) is 55.5 Å². The highest BCUT2D eigenvalue weighted by Gasteiger charge is 2.54. The maximum absolute atomic E-state index is 13.6. The van der Waals surface area contributed by atoms with Gasteiger partial charge in [-0.25, -0.2) is 4.79 Å². The number of thioether (sulfide) groups is 1. The van der Waals surface area contributed by atoms with Gasteiger partial charge in [0.15, 0.2) is 0 Å². The fourth-order valence-corrected chi connectivity index (χ4v) is 7.36. The highest BCUT2D eigenvalue weighted by atomic mass is 32.2. The van der Waals surface area contributed by atoms with Crippen LogP contribution in [0.5, 0.6) is 5.75 Å². The highest BCUT2D eigenvalue weighted by Crippen LogP contribution is 2.45. The lowest BCUT2D eigenvalue weighted by molar-refractivity contribution is -0.158. The molecule has 4 aliphatic rings. The first-order valence-electron chi connectivity index (χ1n) is 17.7. The molecule has 12 heteroatoms. The number of carbonyl (C=O) groups is 4. The van der Waals surface area contributed by atoms with E-state index in [0.29, 0.717) is 60.2 Å². The second-order valence-corrected chi connectivity index (χ2v) is 14.7. The minimum atomic E-state index is -1.05. The van der Waals surface area contributed by atoms with Gasteiger partial charge >= 0.3 is 5.97 Å². The first-order valence-corrected chi connectivity index (χ1v) is 18.7. The van der Waals surface area contributed by atoms with E-state index in [4.69, 9.17) is 9.47 Å². The summed E-state index contributed by atoms with van der Waals surface area (Å²) >= 11 is 1.24. The molecular formula is C39H49N3O8S. The Hall–Kier alpha value is -4.13. The molecule has 0 spiro atoms. The number of esters is 1. The zero-order valence-electron chi connectivity index (χ0n) is 29.5. The molecule has 0 radical (unpaired) electrons. The van der Waals surface area contributed by atoms with Gasteiger partial charge in [0.25, 0.3) is 0 Å². The number of phenolic OH excluding ortho intramolecular Hbond substituents is 1. The van der Waals surface area contributed by atoms with Gasteiger partial charge in [-0.05, 0) is 75.5 Å². The zero-order valence-corrected chi connectivity index (χ0v) is 30.4. The minimum Gasteiger partial charge on any atom is -0.505 e. The van der Waals surface area contributed by atoms with Gasteiger partial charge < -0.3 is 35.6 Å². The molecule has 51 heavy (non-hydrogen) atoms. The van der Waals surface area contributed by atoms with Gasteiger partial charge in [-0.3, -0.25) is 14.4 Å². The van der Waals surface area contributed by atoms with E-state index in [9.17, 15) is 29.4 Å². The highest BCUT2D eigenvalue weighted by molar-refractivity contribution is 8.00. The van der Waals surface area contributed by atoms with Crippen LogP contribution in [0.15, 0.2) is 70.7 Å². The summed E-state index contributed by atoms with van der Waals surface area (Å²) in [6.45, 7) is 3.64. The van der Waals surface area contributed by atoms with Crippen molar-refractivity contribution >= 4 is 46.8 Å². The number of phenols is 1. The van der Waals surface area contributed by atoms with Crippen LogP contribution in [0.1, 0.15) is 77.2 Å². The number of rotatable bonds is 5. The number of hydrogen-bond acceptors (Lipinski definition) is 9. The average Bonchev–Trinajstić information content (AvgIpc) is 3.91. The second-order valence-electron chi connectivity index (χ2n) is 13.7. The number of aliphatic hydroxyl groups excluding tert-OH is 1. The summed E-state index contributed by atoms with van der Waals surface area (Å²) < 4.78 is 11.6. The van der Waals surface area contributed by atoms with Crippen LogP contribution in [-0.4, -0.2) is 70.6 Å². The predicted molar refractivity (Wildman–Crippen MR) is 197 cm³/mol. The van der Waals surface area contributed by atoms with Crippen molar-refractivity contribution in [1.82, 2.24) is 5.32 Å². The molecule has 1 saturated carbocycles. The van der Waals surface area contributed by atoms with Crippen molar-refractivity contribution in [3.8, 4) is 5.75 Å². The number of ether oxygens (including phenoxy) is 2. The van der Waals surface area contributed by atoms with E-state index in [-0.39, 0.29) is 41.3 Å². The largest absolute Gasteiger partial charge is 0.505 e. The van der Waals surface area contributed by atoms with E-state index < -0.39 is 35.7 Å². The number of amides is 3. The summed E-state index contributed by atoms with van der Waals surface area (Å²) in [6, 6.07) is 1.72. The monoisotopic (exact) mass is 719 g/mol. The van der Waals surface area contributed by atoms with Crippen LogP contribution < -0.4 is 16.0 Å². The van der Waals surface area contributed by atoms with Crippen LogP contribution >= 0.6 is 11.8 Å². The quantitative estimate of drug-likeness (QED) is 0.110. The molecule has 5 rings (SSSR count). The number of nitrogens with one attached hydrogen (secondary N) is 3. The molecule has 2 aliphatic heterocycles. The Balaban J connectivity index is 1.38. The maximum atomic E-state index is 13.6. The number of allylic oxidation sites excluding steroid dienone is 6. The fraction of sp³-hybridized carbons (Fsp3) is 0.487. The summed E-state index contributed by atoms with van der Waals surface area (Å²) in [7, 11) is 1.51. The third-order valence-corrected chi connectivity index (χ3v) is 11.0. The van der Waals surface area contributed by atoms with Crippen LogP contribution in [0.4, 0.5) is 11.4 Å². The van der Waals surface area contributed by atoms with Crippen molar-refractivity contribution in [1.29, 1.82) is 0 Å². The summed E-state index contributed by atoms with van der Waals surface area (Å²) in [6.07, 6.45) is 18.1. The molecular weight excluding hydrogens is 671 g/mol. The van der Waals surface area contributed by atoms with Crippen molar-refractivity contribution in [3.63, 3.8) is 0 Å². The fourth-order valence-electron chi connectivity index (χ4n) is 6.46. The number of anilines is 2. The molecule has 1 aromatic carbocycles. The molecule has 2 aliphatic carbocycles. The van der Waals surface area contributed by atoms with Crippen molar-refractivity contribution in [3.05, 3.63) is 71.4 Å². The molecule has 274 valence electrons. The van der Waals surface area contributed by atoms with E-state index in [0.717, 1.165) is 24.8 Å². The Bertz CT molecular complexity index is 1660. The molecule has 11 nitrogen and oxygen atoms in total. The number of carbonyl (C=O) groups excluding carboxylic acids is 4. The summed E-state index contributed by atoms with van der Waals surface area (Å²) in [5.41, 5.74) is 1.61. The number of methoxy groups -OCH3 is 1. The lowest BCUT2D eigenvalue weighted by atomic mass is 9.90. The van der Waals surface area contributed by atoms with Crippen LogP contribution in [0.3, 0.4) is 0 Å². The Kier molecular flexibility index (Phi) is 13.0. The van der Waals surface area contributed by atoms with E-state index >= 15 is 0 Å². The minimum absolute atomic E-state index is 0.00352. The smallest absolute Gasteiger partial charge is 0.332 e. The lowest BCUT2D eigenvalue weighted by Gasteiger charge is -2.30. The molecule has 0 aromatic heterocycles.